The molecule has 0 radical (unpaired) electrons. The molecule has 0 fully saturated rings. The van der Waals surface area contributed by atoms with Gasteiger partial charge in [-0.2, -0.15) is 5.10 Å². The highest BCUT2D eigenvalue weighted by Gasteiger charge is 2.09. The van der Waals surface area contributed by atoms with Crippen LogP contribution >= 0.6 is 0 Å². The molecule has 0 saturated heterocycles. The summed E-state index contributed by atoms with van der Waals surface area (Å²) < 4.78 is 10.1. The van der Waals surface area contributed by atoms with E-state index in [1.54, 1.807) is 26.3 Å². The molecule has 1 heterocycles. The van der Waals surface area contributed by atoms with Gasteiger partial charge >= 0.3 is 0 Å². The average Bonchev–Trinajstić information content (AvgIpc) is 2.86. The third kappa shape index (κ3) is 3.22. The molecule has 0 atom stereocenters. The Morgan fingerprint density at radius 3 is 2.63 bits per heavy atom. The first-order chi connectivity index (χ1) is 9.20. The fourth-order valence-electron chi connectivity index (χ4n) is 1.54. The number of nitrogens with one attached hydrogen (secondary N) is 1. The molecule has 0 aliphatic carbocycles. The highest BCUT2D eigenvalue weighted by Crippen LogP contribution is 2.10. The number of nitrogens with zero attached hydrogens (tertiary/aromatic N) is 1. The van der Waals surface area contributed by atoms with Crippen molar-refractivity contribution in [1.82, 2.24) is 5.43 Å². The van der Waals surface area contributed by atoms with E-state index in [2.05, 4.69) is 10.5 Å². The number of ether oxygens (including phenoxy) is 1. The highest BCUT2D eigenvalue weighted by molar-refractivity contribution is 5.95. The van der Waals surface area contributed by atoms with Crippen LogP contribution in [0.15, 0.2) is 46.1 Å². The van der Waals surface area contributed by atoms with Gasteiger partial charge in [-0.25, -0.2) is 5.43 Å². The molecule has 5 nitrogen and oxygen atoms in total. The van der Waals surface area contributed by atoms with Gasteiger partial charge in [-0.1, -0.05) is 0 Å². The summed E-state index contributed by atoms with van der Waals surface area (Å²) >= 11 is 0. The predicted molar refractivity (Wildman–Crippen MR) is 71.5 cm³/mol. The largest absolute Gasteiger partial charge is 0.497 e. The number of methoxy groups -OCH3 is 1. The van der Waals surface area contributed by atoms with Crippen molar-refractivity contribution in [2.24, 2.45) is 5.10 Å². The monoisotopic (exact) mass is 258 g/mol. The third-order valence-corrected chi connectivity index (χ3v) is 2.60. The first kappa shape index (κ1) is 12.9. The van der Waals surface area contributed by atoms with Crippen LogP contribution in [0, 0.1) is 6.92 Å². The first-order valence-electron chi connectivity index (χ1n) is 5.72. The number of carbonyl (C=O) groups is 1. The summed E-state index contributed by atoms with van der Waals surface area (Å²) in [5.74, 6) is 1.04. The lowest BCUT2D eigenvalue weighted by molar-refractivity contribution is 0.0953. The fraction of sp³-hybridized carbons (Fsp3) is 0.143. The molecule has 2 rings (SSSR count). The average molecular weight is 258 g/mol. The molecule has 5 heteroatoms. The molecule has 0 aliphatic heterocycles. The second-order valence-electron chi connectivity index (χ2n) is 3.86. The van der Waals surface area contributed by atoms with E-state index in [0.717, 1.165) is 11.3 Å². The number of hydrazone groups is 1. The summed E-state index contributed by atoms with van der Waals surface area (Å²) in [5.41, 5.74) is 3.79. The van der Waals surface area contributed by atoms with Gasteiger partial charge in [0, 0.05) is 0 Å². The number of rotatable bonds is 4. The summed E-state index contributed by atoms with van der Waals surface area (Å²) in [6.07, 6.45) is 3.03. The number of aryl methyl sites for hydroxylation is 1. The predicted octanol–water partition coefficient (Wildman–Crippen LogP) is 2.36. The van der Waals surface area contributed by atoms with Crippen LogP contribution in [0.25, 0.3) is 0 Å². The Morgan fingerprint density at radius 1 is 1.32 bits per heavy atom. The number of carbonyl (C=O) groups excluding carboxylic acids is 1. The second-order valence-corrected chi connectivity index (χ2v) is 3.86. The maximum Gasteiger partial charge on any atom is 0.274 e. The zero-order valence-corrected chi connectivity index (χ0v) is 10.7. The van der Waals surface area contributed by atoms with E-state index in [9.17, 15) is 4.79 Å². The van der Waals surface area contributed by atoms with Crippen molar-refractivity contribution in [1.29, 1.82) is 0 Å². The van der Waals surface area contributed by atoms with Gasteiger partial charge in [-0.05, 0) is 42.8 Å². The van der Waals surface area contributed by atoms with Gasteiger partial charge in [0.1, 0.15) is 11.5 Å². The van der Waals surface area contributed by atoms with Gasteiger partial charge in [-0.15, -0.1) is 0 Å². The maximum atomic E-state index is 11.7. The normalized spacial score (nSPS) is 10.6. The Labute approximate surface area is 110 Å². The van der Waals surface area contributed by atoms with E-state index >= 15 is 0 Å². The second kappa shape index (κ2) is 5.86. The summed E-state index contributed by atoms with van der Waals surface area (Å²) in [7, 11) is 1.61. The Balaban J connectivity index is 1.96. The minimum absolute atomic E-state index is 0.295. The molecule has 0 aliphatic rings. The smallest absolute Gasteiger partial charge is 0.274 e. The Kier molecular flexibility index (Phi) is 3.97. The number of benzene rings is 1. The standard InChI is InChI=1S/C14H14N2O3/c1-10-13(7-8-19-10)14(17)16-15-9-11-3-5-12(18-2)6-4-11/h3-9H,1-2H3,(H,16,17)/b15-9+. The highest BCUT2D eigenvalue weighted by atomic mass is 16.5. The first-order valence-corrected chi connectivity index (χ1v) is 5.72. The van der Waals surface area contributed by atoms with Gasteiger partial charge in [0.15, 0.2) is 0 Å². The fourth-order valence-corrected chi connectivity index (χ4v) is 1.54. The van der Waals surface area contributed by atoms with Crippen LogP contribution in [0.3, 0.4) is 0 Å². The number of hydrogen-bond acceptors (Lipinski definition) is 4. The van der Waals surface area contributed by atoms with Crippen molar-refractivity contribution in [2.45, 2.75) is 6.92 Å². The van der Waals surface area contributed by atoms with E-state index in [0.29, 0.717) is 11.3 Å². The Morgan fingerprint density at radius 2 is 2.05 bits per heavy atom. The summed E-state index contributed by atoms with van der Waals surface area (Å²) in [5, 5.41) is 3.89. The SMILES string of the molecule is COc1ccc(/C=N/NC(=O)c2ccoc2C)cc1. The topological polar surface area (TPSA) is 63.8 Å². The van der Waals surface area contributed by atoms with Crippen molar-refractivity contribution in [2.75, 3.05) is 7.11 Å². The van der Waals surface area contributed by atoms with Crippen LogP contribution in [-0.4, -0.2) is 19.2 Å². The summed E-state index contributed by atoms with van der Waals surface area (Å²) in [6.45, 7) is 1.72. The number of furan rings is 1. The van der Waals surface area contributed by atoms with Crippen LogP contribution in [0.4, 0.5) is 0 Å². The van der Waals surface area contributed by atoms with E-state index in [4.69, 9.17) is 9.15 Å². The third-order valence-electron chi connectivity index (χ3n) is 2.60. The molecule has 0 saturated carbocycles. The lowest BCUT2D eigenvalue weighted by Gasteiger charge is -1.99. The van der Waals surface area contributed by atoms with Crippen molar-refractivity contribution in [3.63, 3.8) is 0 Å². The Bertz CT molecular complexity index is 585. The van der Waals surface area contributed by atoms with Crippen LogP contribution < -0.4 is 10.2 Å². The molecule has 1 aromatic carbocycles. The molecular weight excluding hydrogens is 244 g/mol. The Hall–Kier alpha value is -2.56. The van der Waals surface area contributed by atoms with E-state index < -0.39 is 0 Å². The summed E-state index contributed by atoms with van der Waals surface area (Å²) in [4.78, 5) is 11.7. The maximum absolute atomic E-state index is 11.7. The van der Waals surface area contributed by atoms with Gasteiger partial charge < -0.3 is 9.15 Å². The molecule has 2 aromatic rings. The quantitative estimate of drug-likeness (QED) is 0.676. The van der Waals surface area contributed by atoms with Gasteiger partial charge in [0.2, 0.25) is 0 Å². The number of hydrogen-bond donors (Lipinski definition) is 1. The summed E-state index contributed by atoms with van der Waals surface area (Å²) in [6, 6.07) is 8.94. The van der Waals surface area contributed by atoms with Crippen molar-refractivity contribution in [3.05, 3.63) is 53.5 Å². The zero-order valence-electron chi connectivity index (χ0n) is 10.7. The van der Waals surface area contributed by atoms with Gasteiger partial charge in [-0.3, -0.25) is 4.79 Å². The van der Waals surface area contributed by atoms with Crippen LogP contribution in [0.2, 0.25) is 0 Å². The van der Waals surface area contributed by atoms with Gasteiger partial charge in [0.05, 0.1) is 25.2 Å². The molecule has 0 unspecified atom stereocenters. The van der Waals surface area contributed by atoms with E-state index in [1.165, 1.54) is 6.26 Å². The molecule has 0 bridgehead atoms. The molecule has 1 aromatic heterocycles. The van der Waals surface area contributed by atoms with Crippen LogP contribution in [0.1, 0.15) is 21.7 Å². The molecule has 0 spiro atoms. The number of amides is 1. The lowest BCUT2D eigenvalue weighted by Crippen LogP contribution is -2.17. The minimum atomic E-state index is -0.295. The molecule has 1 amide bonds. The molecule has 19 heavy (non-hydrogen) atoms. The molecule has 98 valence electrons. The molecule has 1 N–H and O–H groups in total. The molecular formula is C14H14N2O3. The van der Waals surface area contributed by atoms with Gasteiger partial charge in [0.25, 0.3) is 5.91 Å². The minimum Gasteiger partial charge on any atom is -0.497 e. The van der Waals surface area contributed by atoms with Crippen molar-refractivity contribution >= 4 is 12.1 Å². The van der Waals surface area contributed by atoms with Crippen molar-refractivity contribution < 1.29 is 13.9 Å². The zero-order chi connectivity index (χ0) is 13.7. The van der Waals surface area contributed by atoms with Crippen LogP contribution in [0.5, 0.6) is 5.75 Å². The van der Waals surface area contributed by atoms with Crippen molar-refractivity contribution in [3.8, 4) is 5.75 Å². The van der Waals surface area contributed by atoms with E-state index in [1.807, 2.05) is 24.3 Å². The van der Waals surface area contributed by atoms with E-state index in [-0.39, 0.29) is 5.91 Å². The van der Waals surface area contributed by atoms with Crippen LogP contribution in [-0.2, 0) is 0 Å². The lowest BCUT2D eigenvalue weighted by atomic mass is 10.2.